The van der Waals surface area contributed by atoms with Crippen molar-refractivity contribution in [3.63, 3.8) is 0 Å². The third-order valence-electron chi connectivity index (χ3n) is 6.79. The van der Waals surface area contributed by atoms with Crippen LogP contribution in [0.5, 0.6) is 0 Å². The third-order valence-corrected chi connectivity index (χ3v) is 9.57. The Bertz CT molecular complexity index is 1720. The summed E-state index contributed by atoms with van der Waals surface area (Å²) in [5.41, 5.74) is 3.81. The van der Waals surface area contributed by atoms with Gasteiger partial charge in [-0.2, -0.15) is 0 Å². The lowest BCUT2D eigenvalue weighted by Gasteiger charge is -2.29. The van der Waals surface area contributed by atoms with Gasteiger partial charge < -0.3 is 10.6 Å². The Kier molecular flexibility index (Phi) is 8.34. The van der Waals surface area contributed by atoms with Gasteiger partial charge in [-0.1, -0.05) is 42.1 Å². The Morgan fingerprint density at radius 2 is 1.86 bits per heavy atom. The van der Waals surface area contributed by atoms with Gasteiger partial charge in [-0.25, -0.2) is 10.3 Å². The molecule has 13 heteroatoms. The number of imide groups is 1. The van der Waals surface area contributed by atoms with Gasteiger partial charge in [0, 0.05) is 47.0 Å². The largest absolute Gasteiger partial charge is 0.341 e. The first kappa shape index (κ1) is 28.9. The van der Waals surface area contributed by atoms with Crippen LogP contribution in [-0.4, -0.2) is 57.6 Å². The summed E-state index contributed by atoms with van der Waals surface area (Å²) >= 11 is 1.99. The Morgan fingerprint density at radius 1 is 1.05 bits per heavy atom. The highest BCUT2D eigenvalue weighted by molar-refractivity contribution is 8.16. The van der Waals surface area contributed by atoms with E-state index >= 15 is 0 Å². The number of fused-ring (bicyclic) bond motifs is 1. The maximum atomic E-state index is 13.4. The minimum Gasteiger partial charge on any atom is -0.341 e. The van der Waals surface area contributed by atoms with Gasteiger partial charge in [0.2, 0.25) is 5.91 Å². The summed E-state index contributed by atoms with van der Waals surface area (Å²) in [5.74, 6) is -2.40. The van der Waals surface area contributed by atoms with E-state index in [4.69, 9.17) is 0 Å². The van der Waals surface area contributed by atoms with E-state index in [1.165, 1.54) is 24.6 Å². The summed E-state index contributed by atoms with van der Waals surface area (Å²) in [6.45, 7) is -0.138. The highest BCUT2D eigenvalue weighted by Crippen LogP contribution is 2.49. The van der Waals surface area contributed by atoms with Crippen molar-refractivity contribution in [1.82, 2.24) is 20.7 Å². The quantitative estimate of drug-likeness (QED) is 0.111. The first-order valence-corrected chi connectivity index (χ1v) is 14.4. The maximum Gasteiger partial charge on any atom is 0.318 e. The number of thioether (sulfide) groups is 1. The van der Waals surface area contributed by atoms with Gasteiger partial charge in [-0.3, -0.25) is 34.3 Å². The van der Waals surface area contributed by atoms with Crippen LogP contribution in [-0.2, 0) is 19.1 Å². The second-order valence-corrected chi connectivity index (χ2v) is 11.9. The molecule has 214 valence electrons. The van der Waals surface area contributed by atoms with Gasteiger partial charge in [0.1, 0.15) is 0 Å². The number of thiophene rings is 1. The number of amides is 5. The van der Waals surface area contributed by atoms with Gasteiger partial charge in [-0.05, 0) is 48.4 Å². The van der Waals surface area contributed by atoms with E-state index < -0.39 is 27.6 Å². The number of pyridine rings is 1. The van der Waals surface area contributed by atoms with E-state index in [1.807, 2.05) is 18.2 Å². The summed E-state index contributed by atoms with van der Waals surface area (Å²) in [4.78, 5) is 70.7. The normalized spacial score (nSPS) is 17.0. The van der Waals surface area contributed by atoms with Crippen LogP contribution in [0.3, 0.4) is 0 Å². The number of hydroxylamine groups is 1. The van der Waals surface area contributed by atoms with Crippen LogP contribution >= 0.6 is 23.1 Å². The number of rotatable bonds is 6. The van der Waals surface area contributed by atoms with Crippen LogP contribution in [0.1, 0.15) is 28.1 Å². The van der Waals surface area contributed by atoms with E-state index in [9.17, 15) is 29.2 Å². The lowest BCUT2D eigenvalue weighted by Crippen LogP contribution is -2.40. The van der Waals surface area contributed by atoms with E-state index in [0.29, 0.717) is 33.2 Å². The molecular weight excluding hydrogens is 578 g/mol. The number of aromatic nitrogens is 1. The van der Waals surface area contributed by atoms with Crippen molar-refractivity contribution in [3.05, 3.63) is 83.4 Å². The number of nitrogens with one attached hydrogen (secondary N) is 3. The predicted molar refractivity (Wildman–Crippen MR) is 159 cm³/mol. The zero-order valence-corrected chi connectivity index (χ0v) is 23.9. The van der Waals surface area contributed by atoms with Crippen molar-refractivity contribution in [2.24, 2.45) is 0 Å². The smallest absolute Gasteiger partial charge is 0.318 e. The van der Waals surface area contributed by atoms with E-state index in [1.54, 1.807) is 54.0 Å². The molecular formula is C29H25N5O6S2. The molecule has 5 rings (SSSR count). The summed E-state index contributed by atoms with van der Waals surface area (Å²) in [7, 11) is 1.51. The minimum absolute atomic E-state index is 0.0769. The van der Waals surface area contributed by atoms with E-state index in [2.05, 4.69) is 15.6 Å². The fraction of sp³-hybridized carbons (Fsp3) is 0.172. The third kappa shape index (κ3) is 5.88. The molecule has 0 bridgehead atoms. The van der Waals surface area contributed by atoms with Gasteiger partial charge >= 0.3 is 11.9 Å². The molecule has 1 fully saturated rings. The molecule has 3 heterocycles. The first-order valence-electron chi connectivity index (χ1n) is 12.8. The number of carbonyl (C=O) groups excluding carboxylic acids is 5. The number of hydrogen-bond acceptors (Lipinski definition) is 9. The lowest BCUT2D eigenvalue weighted by atomic mass is 9.97. The Hall–Kier alpha value is -4.59. The van der Waals surface area contributed by atoms with Gasteiger partial charge in [0.15, 0.2) is 0 Å². The molecule has 1 saturated heterocycles. The van der Waals surface area contributed by atoms with Crippen molar-refractivity contribution in [2.75, 3.05) is 18.9 Å². The van der Waals surface area contributed by atoms with Crippen LogP contribution in [0.4, 0.5) is 10.5 Å². The predicted octanol–water partition coefficient (Wildman–Crippen LogP) is 4.14. The molecule has 5 amide bonds. The molecule has 2 aromatic heterocycles. The molecule has 1 atom stereocenters. The summed E-state index contributed by atoms with van der Waals surface area (Å²) in [6.07, 6.45) is 1.13. The molecule has 1 unspecified atom stereocenters. The molecule has 4 aromatic rings. The van der Waals surface area contributed by atoms with Crippen LogP contribution in [0.2, 0.25) is 0 Å². The standard InChI is InChI=1S/C29H25N5O6S2/c1-30-28(39)32-20-7-4-6-18(14-20)22-9-10-23(41-22)29(15-24(35)33-40)11-12-34(26(37)27(38)42-29)25(36)19-13-17-5-2-3-8-21(17)31-16-19/h2-10,13-14,16,40H,11-12,15H2,1H3,(H,33,35)(H2,30,32,39). The van der Waals surface area contributed by atoms with Crippen LogP contribution in [0, 0.1) is 0 Å². The number of nitrogens with zero attached hydrogens (tertiary/aromatic N) is 2. The zero-order chi connectivity index (χ0) is 29.9. The fourth-order valence-electron chi connectivity index (χ4n) is 4.68. The van der Waals surface area contributed by atoms with E-state index in [-0.39, 0.29) is 31.0 Å². The maximum absolute atomic E-state index is 13.4. The summed E-state index contributed by atoms with van der Waals surface area (Å²) < 4.78 is -1.24. The van der Waals surface area contributed by atoms with Gasteiger partial charge in [-0.15, -0.1) is 11.3 Å². The Morgan fingerprint density at radius 3 is 2.64 bits per heavy atom. The second-order valence-electron chi connectivity index (χ2n) is 9.47. The van der Waals surface area contributed by atoms with Gasteiger partial charge in [0.05, 0.1) is 15.8 Å². The van der Waals surface area contributed by atoms with E-state index in [0.717, 1.165) is 15.3 Å². The molecule has 0 aliphatic carbocycles. The van der Waals surface area contributed by atoms with Crippen molar-refractivity contribution < 1.29 is 29.2 Å². The Labute approximate surface area is 248 Å². The summed E-state index contributed by atoms with van der Waals surface area (Å²) in [5, 5.41) is 14.3. The van der Waals surface area contributed by atoms with Crippen molar-refractivity contribution >= 4 is 68.6 Å². The number of hydrogen-bond donors (Lipinski definition) is 4. The number of carbonyl (C=O) groups is 5. The lowest BCUT2D eigenvalue weighted by molar-refractivity contribution is -0.138. The van der Waals surface area contributed by atoms with Crippen LogP contribution in [0.25, 0.3) is 21.3 Å². The number of para-hydroxylation sites is 1. The molecule has 0 spiro atoms. The molecule has 1 aliphatic rings. The molecule has 2 aromatic carbocycles. The SMILES string of the molecule is CNC(=O)Nc1cccc(-c2ccc(C3(CC(=O)NO)CCN(C(=O)c4cnc5ccccc5c4)C(=O)C(=O)S3)s2)c1. The number of urea groups is 1. The minimum atomic E-state index is -1.24. The Balaban J connectivity index is 1.47. The van der Waals surface area contributed by atoms with Crippen LogP contribution in [0.15, 0.2) is 72.9 Å². The van der Waals surface area contributed by atoms with Crippen molar-refractivity contribution in [3.8, 4) is 10.4 Å². The number of benzene rings is 2. The monoisotopic (exact) mass is 603 g/mol. The molecule has 42 heavy (non-hydrogen) atoms. The summed E-state index contributed by atoms with van der Waals surface area (Å²) in [6, 6.07) is 19.2. The van der Waals surface area contributed by atoms with Gasteiger partial charge in [0.25, 0.3) is 11.0 Å². The fourth-order valence-corrected chi connectivity index (χ4v) is 7.16. The molecule has 4 N–H and O–H groups in total. The average Bonchev–Trinajstić information content (AvgIpc) is 3.47. The second kappa shape index (κ2) is 12.1. The molecule has 0 saturated carbocycles. The highest BCUT2D eigenvalue weighted by atomic mass is 32.2. The molecule has 1 aliphatic heterocycles. The average molecular weight is 604 g/mol. The van der Waals surface area contributed by atoms with Crippen molar-refractivity contribution in [2.45, 2.75) is 17.6 Å². The molecule has 11 nitrogen and oxygen atoms in total. The highest BCUT2D eigenvalue weighted by Gasteiger charge is 2.46. The zero-order valence-electron chi connectivity index (χ0n) is 22.2. The molecule has 0 radical (unpaired) electrons. The topological polar surface area (TPSA) is 158 Å². The number of anilines is 1. The van der Waals surface area contributed by atoms with Crippen LogP contribution < -0.4 is 16.1 Å². The van der Waals surface area contributed by atoms with Crippen molar-refractivity contribution in [1.29, 1.82) is 0 Å². The first-order chi connectivity index (χ1) is 20.2.